The van der Waals surface area contributed by atoms with Crippen molar-refractivity contribution in [1.29, 1.82) is 0 Å². The highest BCUT2D eigenvalue weighted by Crippen LogP contribution is 2.29. The van der Waals surface area contributed by atoms with E-state index in [1.54, 1.807) is 0 Å². The molecule has 1 aliphatic heterocycles. The molecule has 1 N–H and O–H groups in total. The predicted octanol–water partition coefficient (Wildman–Crippen LogP) is 3.72. The summed E-state index contributed by atoms with van der Waals surface area (Å²) >= 11 is 5.46. The molecule has 1 fully saturated rings. The zero-order chi connectivity index (χ0) is 9.80. The number of thioether (sulfide) groups is 1. The highest BCUT2D eigenvalue weighted by Gasteiger charge is 2.13. The lowest BCUT2D eigenvalue weighted by Crippen LogP contribution is -2.29. The van der Waals surface area contributed by atoms with Crippen LogP contribution in [0.1, 0.15) is 12.8 Å². The topological polar surface area (TPSA) is 12.0 Å². The second-order valence-corrected chi connectivity index (χ2v) is 5.81. The van der Waals surface area contributed by atoms with Gasteiger partial charge in [0.15, 0.2) is 0 Å². The van der Waals surface area contributed by atoms with E-state index in [2.05, 4.69) is 45.5 Å². The summed E-state index contributed by atoms with van der Waals surface area (Å²) in [6.07, 6.45) is 2.58. The van der Waals surface area contributed by atoms with Crippen molar-refractivity contribution in [1.82, 2.24) is 5.32 Å². The first-order valence-electron chi connectivity index (χ1n) is 4.97. The number of rotatable bonds is 2. The molecule has 1 heterocycles. The van der Waals surface area contributed by atoms with Gasteiger partial charge in [0.2, 0.25) is 0 Å². The fraction of sp³-hybridized carbons (Fsp3) is 0.455. The van der Waals surface area contributed by atoms with Crippen LogP contribution in [-0.4, -0.2) is 18.3 Å². The van der Waals surface area contributed by atoms with Crippen molar-refractivity contribution in [2.24, 2.45) is 0 Å². The van der Waals surface area contributed by atoms with Gasteiger partial charge in [-0.2, -0.15) is 0 Å². The van der Waals surface area contributed by atoms with Gasteiger partial charge < -0.3 is 5.32 Å². The third-order valence-electron chi connectivity index (χ3n) is 2.40. The van der Waals surface area contributed by atoms with Gasteiger partial charge in [-0.25, -0.2) is 0 Å². The second-order valence-electron chi connectivity index (χ2n) is 3.52. The lowest BCUT2D eigenvalue weighted by Gasteiger charge is -2.21. The average Bonchev–Trinajstić information content (AvgIpc) is 2.23. The van der Waals surface area contributed by atoms with Crippen LogP contribution in [0.15, 0.2) is 33.6 Å². The predicted molar refractivity (Wildman–Crippen MR) is 73.1 cm³/mol. The van der Waals surface area contributed by atoms with Gasteiger partial charge in [0.25, 0.3) is 0 Å². The van der Waals surface area contributed by atoms with Gasteiger partial charge >= 0.3 is 0 Å². The number of hydrogen-bond acceptors (Lipinski definition) is 2. The zero-order valence-electron chi connectivity index (χ0n) is 8.41. The minimum Gasteiger partial charge on any atom is -0.317 e. The smallest absolute Gasteiger partial charge is 0.0176 e. The van der Waals surface area contributed by atoms with E-state index in [0.717, 1.165) is 9.72 Å². The first kappa shape index (κ1) is 13.4. The van der Waals surface area contributed by atoms with Crippen LogP contribution in [0.4, 0.5) is 0 Å². The number of benzene rings is 1. The molecular weight excluding hydrogens is 294 g/mol. The number of hydrogen-bond donors (Lipinski definition) is 1. The summed E-state index contributed by atoms with van der Waals surface area (Å²) in [5.41, 5.74) is 0. The lowest BCUT2D eigenvalue weighted by atomic mass is 10.2. The van der Waals surface area contributed by atoms with E-state index < -0.39 is 0 Å². The summed E-state index contributed by atoms with van der Waals surface area (Å²) in [6.45, 7) is 2.35. The van der Waals surface area contributed by atoms with Crippen LogP contribution >= 0.6 is 40.1 Å². The Morgan fingerprint density at radius 1 is 1.13 bits per heavy atom. The van der Waals surface area contributed by atoms with Crippen LogP contribution in [0.5, 0.6) is 0 Å². The Hall–Kier alpha value is 0.300. The van der Waals surface area contributed by atoms with Gasteiger partial charge in [-0.3, -0.25) is 0 Å². The molecule has 1 aromatic carbocycles. The molecule has 1 aromatic rings. The van der Waals surface area contributed by atoms with Crippen molar-refractivity contribution in [2.45, 2.75) is 23.0 Å². The molecule has 0 amide bonds. The number of halogens is 2. The lowest BCUT2D eigenvalue weighted by molar-refractivity contribution is 0.531. The van der Waals surface area contributed by atoms with E-state index in [1.165, 1.54) is 30.8 Å². The summed E-state index contributed by atoms with van der Waals surface area (Å²) in [7, 11) is 0. The van der Waals surface area contributed by atoms with Gasteiger partial charge in [-0.05, 0) is 50.2 Å². The van der Waals surface area contributed by atoms with Gasteiger partial charge in [-0.1, -0.05) is 15.9 Å². The number of nitrogens with one attached hydrogen (secondary N) is 1. The van der Waals surface area contributed by atoms with Gasteiger partial charge in [-0.15, -0.1) is 24.2 Å². The Labute approximate surface area is 110 Å². The van der Waals surface area contributed by atoms with E-state index in [-0.39, 0.29) is 12.4 Å². The molecule has 0 spiro atoms. The summed E-state index contributed by atoms with van der Waals surface area (Å²) < 4.78 is 1.16. The molecule has 0 aromatic heterocycles. The Kier molecular flexibility index (Phi) is 6.05. The molecule has 84 valence electrons. The molecule has 1 nitrogen and oxygen atoms in total. The van der Waals surface area contributed by atoms with E-state index in [1.807, 2.05) is 11.8 Å². The van der Waals surface area contributed by atoms with Crippen molar-refractivity contribution in [3.8, 4) is 0 Å². The van der Waals surface area contributed by atoms with Crippen LogP contribution in [0.3, 0.4) is 0 Å². The van der Waals surface area contributed by atoms with E-state index >= 15 is 0 Å². The SMILES string of the molecule is Brc1ccc(SC2CCNCC2)cc1.Cl. The highest BCUT2D eigenvalue weighted by atomic mass is 79.9. The molecule has 2 rings (SSSR count). The first-order chi connectivity index (χ1) is 6.84. The van der Waals surface area contributed by atoms with E-state index in [4.69, 9.17) is 0 Å². The summed E-state index contributed by atoms with van der Waals surface area (Å²) in [6, 6.07) is 8.61. The Morgan fingerprint density at radius 3 is 2.33 bits per heavy atom. The average molecular weight is 309 g/mol. The summed E-state index contributed by atoms with van der Waals surface area (Å²) in [4.78, 5) is 1.39. The van der Waals surface area contributed by atoms with Gasteiger partial charge in [0.05, 0.1) is 0 Å². The maximum atomic E-state index is 3.45. The van der Waals surface area contributed by atoms with Crippen LogP contribution < -0.4 is 5.32 Å². The van der Waals surface area contributed by atoms with Crippen molar-refractivity contribution in [3.05, 3.63) is 28.7 Å². The Bertz CT molecular complexity index is 285. The van der Waals surface area contributed by atoms with Crippen molar-refractivity contribution in [2.75, 3.05) is 13.1 Å². The van der Waals surface area contributed by atoms with E-state index in [0.29, 0.717) is 0 Å². The fourth-order valence-corrected chi connectivity index (χ4v) is 3.03. The molecule has 1 aliphatic rings. The molecule has 0 aliphatic carbocycles. The third kappa shape index (κ3) is 4.35. The van der Waals surface area contributed by atoms with Crippen LogP contribution in [0.25, 0.3) is 0 Å². The molecule has 0 radical (unpaired) electrons. The van der Waals surface area contributed by atoms with Crippen LogP contribution in [0, 0.1) is 0 Å². The Morgan fingerprint density at radius 2 is 1.73 bits per heavy atom. The van der Waals surface area contributed by atoms with Crippen molar-refractivity contribution in [3.63, 3.8) is 0 Å². The maximum absolute atomic E-state index is 3.45. The minimum atomic E-state index is 0. The largest absolute Gasteiger partial charge is 0.317 e. The van der Waals surface area contributed by atoms with E-state index in [9.17, 15) is 0 Å². The first-order valence-corrected chi connectivity index (χ1v) is 6.65. The van der Waals surface area contributed by atoms with Gasteiger partial charge in [0, 0.05) is 14.6 Å². The maximum Gasteiger partial charge on any atom is 0.0176 e. The minimum absolute atomic E-state index is 0. The Balaban J connectivity index is 0.00000112. The normalized spacial score (nSPS) is 17.1. The highest BCUT2D eigenvalue weighted by molar-refractivity contribution is 9.10. The number of piperidine rings is 1. The molecule has 4 heteroatoms. The van der Waals surface area contributed by atoms with Crippen molar-refractivity contribution >= 4 is 40.1 Å². The molecular formula is C11H15BrClNS. The quantitative estimate of drug-likeness (QED) is 0.894. The second kappa shape index (κ2) is 6.79. The molecule has 1 saturated heterocycles. The van der Waals surface area contributed by atoms with Crippen LogP contribution in [0.2, 0.25) is 0 Å². The molecule has 0 saturated carbocycles. The third-order valence-corrected chi connectivity index (χ3v) is 4.28. The summed E-state index contributed by atoms with van der Waals surface area (Å²) in [5.74, 6) is 0. The molecule has 0 atom stereocenters. The van der Waals surface area contributed by atoms with Gasteiger partial charge in [0.1, 0.15) is 0 Å². The monoisotopic (exact) mass is 307 g/mol. The summed E-state index contributed by atoms with van der Waals surface area (Å²) in [5, 5.41) is 4.19. The fourth-order valence-electron chi connectivity index (χ4n) is 1.62. The van der Waals surface area contributed by atoms with Crippen LogP contribution in [-0.2, 0) is 0 Å². The van der Waals surface area contributed by atoms with Crippen molar-refractivity contribution < 1.29 is 0 Å². The molecule has 15 heavy (non-hydrogen) atoms. The standard InChI is InChI=1S/C11H14BrNS.ClH/c12-9-1-3-10(4-2-9)14-11-5-7-13-8-6-11;/h1-4,11,13H,5-8H2;1H. The molecule has 0 unspecified atom stereocenters. The zero-order valence-corrected chi connectivity index (χ0v) is 11.6. The molecule has 0 bridgehead atoms.